The molecular formula is C16H27. The minimum atomic E-state index is 0.617. The third-order valence-electron chi connectivity index (χ3n) is 2.88. The number of allylic oxidation sites excluding steroid dienone is 6. The van der Waals surface area contributed by atoms with Crippen LogP contribution in [0.2, 0.25) is 0 Å². The molecule has 0 aromatic heterocycles. The number of hydrogen-bond acceptors (Lipinski definition) is 0. The zero-order valence-electron chi connectivity index (χ0n) is 12.0. The van der Waals surface area contributed by atoms with E-state index in [0.29, 0.717) is 5.92 Å². The summed E-state index contributed by atoms with van der Waals surface area (Å²) in [5.74, 6) is 2.06. The zero-order valence-corrected chi connectivity index (χ0v) is 12.0. The highest BCUT2D eigenvalue weighted by molar-refractivity contribution is 5.37. The molecule has 0 unspecified atom stereocenters. The quantitative estimate of drug-likeness (QED) is 0.537. The van der Waals surface area contributed by atoms with Crippen LogP contribution in [0.25, 0.3) is 0 Å². The highest BCUT2D eigenvalue weighted by atomic mass is 14.1. The molecule has 0 amide bonds. The maximum Gasteiger partial charge on any atom is 0.0259 e. The lowest BCUT2D eigenvalue weighted by molar-refractivity contribution is 0.824. The van der Waals surface area contributed by atoms with Gasteiger partial charge in [0, 0.05) is 5.92 Å². The minimum Gasteiger partial charge on any atom is -0.0887 e. The van der Waals surface area contributed by atoms with Crippen LogP contribution in [0.5, 0.6) is 0 Å². The monoisotopic (exact) mass is 219 g/mol. The van der Waals surface area contributed by atoms with Gasteiger partial charge < -0.3 is 0 Å². The molecule has 0 atom stereocenters. The Labute approximate surface area is 102 Å². The van der Waals surface area contributed by atoms with E-state index < -0.39 is 0 Å². The van der Waals surface area contributed by atoms with Crippen LogP contribution in [-0.2, 0) is 0 Å². The first-order chi connectivity index (χ1) is 7.38. The fourth-order valence-electron chi connectivity index (χ4n) is 1.35. The second-order valence-electron chi connectivity index (χ2n) is 5.07. The van der Waals surface area contributed by atoms with Gasteiger partial charge in [0.2, 0.25) is 0 Å². The van der Waals surface area contributed by atoms with Crippen molar-refractivity contribution in [2.45, 2.75) is 54.9 Å². The summed E-state index contributed by atoms with van der Waals surface area (Å²) >= 11 is 0. The van der Waals surface area contributed by atoms with E-state index in [0.717, 1.165) is 6.42 Å². The molecule has 0 aliphatic heterocycles. The summed E-state index contributed by atoms with van der Waals surface area (Å²) in [5.41, 5.74) is 4.27. The van der Waals surface area contributed by atoms with Gasteiger partial charge in [0.05, 0.1) is 0 Å². The molecule has 0 bridgehead atoms. The van der Waals surface area contributed by atoms with Crippen LogP contribution in [0.3, 0.4) is 0 Å². The van der Waals surface area contributed by atoms with Crippen LogP contribution < -0.4 is 0 Å². The van der Waals surface area contributed by atoms with Crippen molar-refractivity contribution in [3.63, 3.8) is 0 Å². The zero-order chi connectivity index (χ0) is 12.7. The van der Waals surface area contributed by atoms with E-state index in [2.05, 4.69) is 66.7 Å². The van der Waals surface area contributed by atoms with Crippen molar-refractivity contribution in [2.75, 3.05) is 0 Å². The van der Waals surface area contributed by atoms with E-state index in [1.165, 1.54) is 22.6 Å². The Bertz CT molecular complexity index is 283. The fraction of sp³-hybridized carbons (Fsp3) is 0.562. The van der Waals surface area contributed by atoms with Gasteiger partial charge >= 0.3 is 0 Å². The normalized spacial score (nSPS) is 12.9. The largest absolute Gasteiger partial charge is 0.0887 e. The third kappa shape index (κ3) is 5.95. The molecule has 0 aromatic rings. The van der Waals surface area contributed by atoms with Gasteiger partial charge in [-0.25, -0.2) is 0 Å². The van der Waals surface area contributed by atoms with Crippen molar-refractivity contribution in [3.8, 4) is 0 Å². The highest BCUT2D eigenvalue weighted by Gasteiger charge is 2.10. The van der Waals surface area contributed by atoms with Gasteiger partial charge in [0.1, 0.15) is 0 Å². The molecule has 0 aliphatic carbocycles. The first-order valence-corrected chi connectivity index (χ1v) is 6.18. The molecule has 0 heterocycles. The van der Waals surface area contributed by atoms with Gasteiger partial charge in [-0.2, -0.15) is 0 Å². The topological polar surface area (TPSA) is 0 Å². The molecule has 0 saturated carbocycles. The lowest BCUT2D eigenvalue weighted by Crippen LogP contribution is -1.99. The summed E-state index contributed by atoms with van der Waals surface area (Å²) in [6, 6.07) is 0. The van der Waals surface area contributed by atoms with Crippen LogP contribution >= 0.6 is 0 Å². The van der Waals surface area contributed by atoms with Crippen LogP contribution in [0.15, 0.2) is 34.9 Å². The average molecular weight is 219 g/mol. The molecule has 0 aliphatic rings. The average Bonchev–Trinajstić information content (AvgIpc) is 2.22. The van der Waals surface area contributed by atoms with E-state index in [1.54, 1.807) is 0 Å². The predicted molar refractivity (Wildman–Crippen MR) is 75.3 cm³/mol. The van der Waals surface area contributed by atoms with Crippen LogP contribution in [0, 0.1) is 11.8 Å². The maximum absolute atomic E-state index is 2.29. The third-order valence-corrected chi connectivity index (χ3v) is 2.88. The Balaban J connectivity index is 4.85. The van der Waals surface area contributed by atoms with Crippen molar-refractivity contribution < 1.29 is 0 Å². The fourth-order valence-corrected chi connectivity index (χ4v) is 1.35. The second-order valence-corrected chi connectivity index (χ2v) is 5.07. The number of hydrogen-bond donors (Lipinski definition) is 0. The molecular weight excluding hydrogens is 192 g/mol. The molecule has 0 spiro atoms. The van der Waals surface area contributed by atoms with Crippen LogP contribution in [0.1, 0.15) is 54.9 Å². The summed E-state index contributed by atoms with van der Waals surface area (Å²) in [4.78, 5) is 0. The van der Waals surface area contributed by atoms with Gasteiger partial charge in [0.25, 0.3) is 0 Å². The Hall–Kier alpha value is -0.780. The summed E-state index contributed by atoms with van der Waals surface area (Å²) < 4.78 is 0. The molecule has 0 aromatic carbocycles. The van der Waals surface area contributed by atoms with Crippen molar-refractivity contribution in [2.24, 2.45) is 5.92 Å². The summed E-state index contributed by atoms with van der Waals surface area (Å²) in [6.45, 7) is 15.3. The van der Waals surface area contributed by atoms with Crippen molar-refractivity contribution in [1.29, 1.82) is 0 Å². The highest BCUT2D eigenvalue weighted by Crippen LogP contribution is 2.26. The Morgan fingerprint density at radius 3 is 2.00 bits per heavy atom. The van der Waals surface area contributed by atoms with Crippen LogP contribution in [-0.4, -0.2) is 0 Å². The smallest absolute Gasteiger partial charge is 0.0259 e. The molecule has 0 fully saturated rings. The Kier molecular flexibility index (Phi) is 7.12. The van der Waals surface area contributed by atoms with Crippen molar-refractivity contribution >= 4 is 0 Å². The van der Waals surface area contributed by atoms with Gasteiger partial charge in [0.15, 0.2) is 0 Å². The SMILES string of the molecule is CC=C(C)C[C](C=CC(C)C)C(C)=C(C)C. The molecule has 0 saturated heterocycles. The molecule has 1 radical (unpaired) electrons. The van der Waals surface area contributed by atoms with Gasteiger partial charge in [-0.15, -0.1) is 0 Å². The molecule has 0 N–H and O–H groups in total. The van der Waals surface area contributed by atoms with E-state index in [-0.39, 0.29) is 0 Å². The first-order valence-electron chi connectivity index (χ1n) is 6.18. The van der Waals surface area contributed by atoms with E-state index in [4.69, 9.17) is 0 Å². The number of rotatable bonds is 5. The molecule has 16 heavy (non-hydrogen) atoms. The first kappa shape index (κ1) is 15.2. The molecule has 0 nitrogen and oxygen atoms in total. The van der Waals surface area contributed by atoms with Gasteiger partial charge in [-0.05, 0) is 47.0 Å². The van der Waals surface area contributed by atoms with E-state index >= 15 is 0 Å². The minimum absolute atomic E-state index is 0.617. The Morgan fingerprint density at radius 2 is 1.62 bits per heavy atom. The summed E-state index contributed by atoms with van der Waals surface area (Å²) in [6.07, 6.45) is 7.84. The second kappa shape index (κ2) is 7.49. The predicted octanol–water partition coefficient (Wildman–Crippen LogP) is 5.49. The maximum atomic E-state index is 2.29. The van der Waals surface area contributed by atoms with Crippen molar-refractivity contribution in [1.82, 2.24) is 0 Å². The van der Waals surface area contributed by atoms with E-state index in [9.17, 15) is 0 Å². The molecule has 0 heteroatoms. The van der Waals surface area contributed by atoms with Gasteiger partial charge in [-0.1, -0.05) is 48.8 Å². The van der Waals surface area contributed by atoms with Crippen LogP contribution in [0.4, 0.5) is 0 Å². The summed E-state index contributed by atoms with van der Waals surface area (Å²) in [5, 5.41) is 0. The lowest BCUT2D eigenvalue weighted by Gasteiger charge is -2.15. The van der Waals surface area contributed by atoms with Crippen molar-refractivity contribution in [3.05, 3.63) is 40.9 Å². The molecule has 91 valence electrons. The summed E-state index contributed by atoms with van der Waals surface area (Å²) in [7, 11) is 0. The van der Waals surface area contributed by atoms with Gasteiger partial charge in [-0.3, -0.25) is 0 Å². The van der Waals surface area contributed by atoms with E-state index in [1.807, 2.05) is 0 Å². The molecule has 0 rings (SSSR count). The Morgan fingerprint density at radius 1 is 1.06 bits per heavy atom. The lowest BCUT2D eigenvalue weighted by atomic mass is 9.89. The standard InChI is InChI=1S/C16H27/c1-8-14(6)11-16(10-9-12(2)3)15(7)13(4)5/h8-10,12H,11H2,1-7H3.